The second kappa shape index (κ2) is 4.92. The summed E-state index contributed by atoms with van der Waals surface area (Å²) in [7, 11) is -3.56. The molecule has 0 bridgehead atoms. The van der Waals surface area contributed by atoms with Gasteiger partial charge in [0.05, 0.1) is 0 Å². The van der Waals surface area contributed by atoms with Crippen LogP contribution < -0.4 is 5.49 Å². The lowest BCUT2D eigenvalue weighted by atomic mass is 10.1. The average molecular weight is 284 g/mol. The van der Waals surface area contributed by atoms with Crippen LogP contribution in [-0.4, -0.2) is 25.7 Å². The summed E-state index contributed by atoms with van der Waals surface area (Å²) in [6.45, 7) is 5.04. The van der Waals surface area contributed by atoms with Gasteiger partial charge in [0.1, 0.15) is 18.6 Å². The van der Waals surface area contributed by atoms with Crippen LogP contribution in [0.5, 0.6) is 0 Å². The summed E-state index contributed by atoms with van der Waals surface area (Å²) in [4.78, 5) is 9.09. The van der Waals surface area contributed by atoms with Crippen molar-refractivity contribution in [2.45, 2.75) is 26.5 Å². The first kappa shape index (κ1) is 14.0. The third-order valence-electron chi connectivity index (χ3n) is 2.75. The number of nitrogens with zero attached hydrogens (tertiary/aromatic N) is 3. The lowest BCUT2D eigenvalue weighted by Crippen LogP contribution is -2.24. The van der Waals surface area contributed by atoms with Gasteiger partial charge >= 0.3 is 7.60 Å². The van der Waals surface area contributed by atoms with Crippen LogP contribution in [0.2, 0.25) is 0 Å². The summed E-state index contributed by atoms with van der Waals surface area (Å²) >= 11 is 0. The van der Waals surface area contributed by atoms with E-state index in [9.17, 15) is 4.57 Å². The van der Waals surface area contributed by atoms with Crippen LogP contribution in [0.25, 0.3) is 5.52 Å². The number of hydrogen-bond acceptors (Lipinski definition) is 4. The standard InChI is InChI=1S/C11H17N4O3P/c1-8(2)9-4-5-10-11(12)14(6-13-15(9)10)7-18-19(3,16)17/h4-6,8,12H,7H2,1-3H3,(H,16,17). The Morgan fingerprint density at radius 1 is 1.53 bits per heavy atom. The Balaban J connectivity index is 2.42. The topological polar surface area (TPSA) is 92.6 Å². The van der Waals surface area contributed by atoms with Crippen molar-refractivity contribution in [2.75, 3.05) is 6.66 Å². The van der Waals surface area contributed by atoms with Crippen LogP contribution >= 0.6 is 7.60 Å². The Morgan fingerprint density at radius 2 is 2.21 bits per heavy atom. The lowest BCUT2D eigenvalue weighted by molar-refractivity contribution is 0.198. The van der Waals surface area contributed by atoms with Crippen molar-refractivity contribution in [3.63, 3.8) is 0 Å². The first-order valence-corrected chi connectivity index (χ1v) is 7.88. The zero-order valence-corrected chi connectivity index (χ0v) is 12.0. The maximum atomic E-state index is 11.1. The lowest BCUT2D eigenvalue weighted by Gasteiger charge is -2.11. The fourth-order valence-electron chi connectivity index (χ4n) is 1.78. The Bertz CT molecular complexity index is 698. The molecule has 0 saturated carbocycles. The van der Waals surface area contributed by atoms with Crippen LogP contribution in [0, 0.1) is 5.41 Å². The molecule has 0 aliphatic carbocycles. The molecule has 0 fully saturated rings. The summed E-state index contributed by atoms with van der Waals surface area (Å²) in [5.74, 6) is 0.301. The summed E-state index contributed by atoms with van der Waals surface area (Å²) in [5, 5.41) is 12.3. The van der Waals surface area contributed by atoms with Crippen molar-refractivity contribution in [1.82, 2.24) is 14.2 Å². The largest absolute Gasteiger partial charge is 0.326 e. The maximum Gasteiger partial charge on any atom is 0.326 e. The Hall–Kier alpha value is -1.43. The molecule has 0 aliphatic heterocycles. The van der Waals surface area contributed by atoms with Gasteiger partial charge in [0.2, 0.25) is 0 Å². The minimum Gasteiger partial charge on any atom is -0.324 e. The molecule has 8 heteroatoms. The van der Waals surface area contributed by atoms with Crippen LogP contribution in [0.3, 0.4) is 0 Å². The molecule has 2 aromatic rings. The molecule has 2 rings (SSSR count). The number of aromatic nitrogens is 3. The molecule has 2 aromatic heterocycles. The van der Waals surface area contributed by atoms with Gasteiger partial charge < -0.3 is 4.89 Å². The predicted octanol–water partition coefficient (Wildman–Crippen LogP) is 1.53. The van der Waals surface area contributed by atoms with Gasteiger partial charge in [-0.25, -0.2) is 4.52 Å². The van der Waals surface area contributed by atoms with Gasteiger partial charge in [-0.1, -0.05) is 13.8 Å². The molecule has 0 amide bonds. The average Bonchev–Trinajstić information content (AvgIpc) is 2.71. The van der Waals surface area contributed by atoms with Crippen molar-refractivity contribution in [3.8, 4) is 0 Å². The van der Waals surface area contributed by atoms with Gasteiger partial charge in [0.15, 0.2) is 5.49 Å². The van der Waals surface area contributed by atoms with E-state index < -0.39 is 7.60 Å². The second-order valence-electron chi connectivity index (χ2n) is 4.72. The normalized spacial score (nSPS) is 15.0. The van der Waals surface area contributed by atoms with E-state index >= 15 is 0 Å². The van der Waals surface area contributed by atoms with Crippen LogP contribution in [0.4, 0.5) is 0 Å². The summed E-state index contributed by atoms with van der Waals surface area (Å²) in [5.41, 5.74) is 1.84. The highest BCUT2D eigenvalue weighted by Gasteiger charge is 2.12. The molecule has 0 radical (unpaired) electrons. The molecular weight excluding hydrogens is 267 g/mol. The molecule has 1 atom stereocenters. The van der Waals surface area contributed by atoms with Crippen molar-refractivity contribution >= 4 is 13.1 Å². The van der Waals surface area contributed by atoms with Gasteiger partial charge in [-0.15, -0.1) is 0 Å². The Morgan fingerprint density at radius 3 is 2.79 bits per heavy atom. The monoisotopic (exact) mass is 284 g/mol. The summed E-state index contributed by atoms with van der Waals surface area (Å²) in [6, 6.07) is 3.73. The van der Waals surface area contributed by atoms with Crippen LogP contribution in [0.1, 0.15) is 25.5 Å². The highest BCUT2D eigenvalue weighted by Crippen LogP contribution is 2.36. The highest BCUT2D eigenvalue weighted by atomic mass is 31.2. The zero-order valence-electron chi connectivity index (χ0n) is 11.1. The molecule has 19 heavy (non-hydrogen) atoms. The number of fused-ring (bicyclic) bond motifs is 1. The zero-order chi connectivity index (χ0) is 14.2. The van der Waals surface area contributed by atoms with Crippen molar-refractivity contribution in [3.05, 3.63) is 29.6 Å². The molecule has 0 saturated heterocycles. The third-order valence-corrected chi connectivity index (χ3v) is 3.34. The first-order chi connectivity index (χ1) is 8.79. The van der Waals surface area contributed by atoms with E-state index in [0.717, 1.165) is 12.4 Å². The van der Waals surface area contributed by atoms with E-state index in [1.54, 1.807) is 4.52 Å². The van der Waals surface area contributed by atoms with Gasteiger partial charge in [-0.05, 0) is 18.1 Å². The molecule has 0 aliphatic rings. The molecule has 1 unspecified atom stereocenters. The van der Waals surface area contributed by atoms with Crippen molar-refractivity contribution in [1.29, 1.82) is 5.41 Å². The van der Waals surface area contributed by atoms with Crippen LogP contribution in [0.15, 0.2) is 18.5 Å². The maximum absolute atomic E-state index is 11.1. The van der Waals surface area contributed by atoms with Gasteiger partial charge in [-0.2, -0.15) is 5.10 Å². The van der Waals surface area contributed by atoms with Crippen molar-refractivity contribution in [2.24, 2.45) is 0 Å². The number of nitrogens with one attached hydrogen (secondary N) is 1. The third kappa shape index (κ3) is 2.94. The van der Waals surface area contributed by atoms with E-state index in [2.05, 4.69) is 18.9 Å². The second-order valence-corrected chi connectivity index (χ2v) is 6.58. The SMILES string of the molecule is CC(C)c1ccc2c(=N)n(COP(C)(=O)O)cnn12. The van der Waals surface area contributed by atoms with E-state index in [1.165, 1.54) is 10.9 Å². The fourth-order valence-corrected chi connectivity index (χ4v) is 2.11. The number of rotatable bonds is 4. The van der Waals surface area contributed by atoms with E-state index in [4.69, 9.17) is 14.8 Å². The Kier molecular flexibility index (Phi) is 3.62. The molecule has 2 heterocycles. The predicted molar refractivity (Wildman–Crippen MR) is 70.0 cm³/mol. The number of hydrogen-bond donors (Lipinski definition) is 2. The minimum absolute atomic E-state index is 0.172. The fraction of sp³-hybridized carbons (Fsp3) is 0.455. The van der Waals surface area contributed by atoms with Gasteiger partial charge in [0, 0.05) is 12.4 Å². The summed E-state index contributed by atoms with van der Waals surface area (Å²) < 4.78 is 19.0. The molecule has 0 spiro atoms. The minimum atomic E-state index is -3.56. The molecular formula is C11H17N4O3P. The first-order valence-electron chi connectivity index (χ1n) is 5.86. The van der Waals surface area contributed by atoms with Gasteiger partial charge in [-0.3, -0.25) is 19.1 Å². The van der Waals surface area contributed by atoms with Crippen molar-refractivity contribution < 1.29 is 14.0 Å². The van der Waals surface area contributed by atoms with E-state index in [-0.39, 0.29) is 12.2 Å². The molecule has 0 aromatic carbocycles. The molecule has 2 N–H and O–H groups in total. The smallest absolute Gasteiger partial charge is 0.324 e. The molecule has 104 valence electrons. The van der Waals surface area contributed by atoms with Crippen LogP contribution in [-0.2, 0) is 15.8 Å². The quantitative estimate of drug-likeness (QED) is 0.833. The van der Waals surface area contributed by atoms with E-state index in [0.29, 0.717) is 11.4 Å². The molecule has 7 nitrogen and oxygen atoms in total. The highest BCUT2D eigenvalue weighted by molar-refractivity contribution is 7.51. The Labute approximate surface area is 110 Å². The van der Waals surface area contributed by atoms with Gasteiger partial charge in [0.25, 0.3) is 0 Å². The van der Waals surface area contributed by atoms with E-state index in [1.807, 2.05) is 12.1 Å². The summed E-state index contributed by atoms with van der Waals surface area (Å²) in [6.07, 6.45) is 1.43.